The van der Waals surface area contributed by atoms with Crippen molar-refractivity contribution in [3.05, 3.63) is 0 Å². The van der Waals surface area contributed by atoms with E-state index in [1.807, 2.05) is 0 Å². The van der Waals surface area contributed by atoms with E-state index < -0.39 is 0 Å². The van der Waals surface area contributed by atoms with E-state index in [2.05, 4.69) is 41.5 Å². The monoisotopic (exact) mass is 549 g/mol. The first-order valence-corrected chi connectivity index (χ1v) is 19.0. The van der Waals surface area contributed by atoms with Crippen molar-refractivity contribution in [2.24, 2.45) is 23.7 Å². The van der Waals surface area contributed by atoms with Crippen molar-refractivity contribution in [2.75, 3.05) is 0 Å². The third-order valence-electron chi connectivity index (χ3n) is 9.78. The van der Waals surface area contributed by atoms with Crippen molar-refractivity contribution >= 4 is 0 Å². The van der Waals surface area contributed by atoms with E-state index >= 15 is 0 Å². The van der Waals surface area contributed by atoms with Crippen LogP contribution in [0.5, 0.6) is 0 Å². The highest BCUT2D eigenvalue weighted by Gasteiger charge is 2.09. The summed E-state index contributed by atoms with van der Waals surface area (Å²) in [5, 5.41) is 0. The second kappa shape index (κ2) is 30.9. The van der Waals surface area contributed by atoms with Crippen LogP contribution >= 0.6 is 0 Å². The molecule has 39 heavy (non-hydrogen) atoms. The predicted molar refractivity (Wildman–Crippen MR) is 182 cm³/mol. The maximum absolute atomic E-state index is 2.52. The lowest BCUT2D eigenvalue weighted by Crippen LogP contribution is -2.01. The maximum atomic E-state index is 2.52. The largest absolute Gasteiger partial charge is 0.0654 e. The zero-order chi connectivity index (χ0) is 28.8. The Kier molecular flexibility index (Phi) is 30.9. The van der Waals surface area contributed by atoms with Crippen LogP contribution in [-0.2, 0) is 0 Å². The summed E-state index contributed by atoms with van der Waals surface area (Å²) >= 11 is 0. The van der Waals surface area contributed by atoms with Crippen LogP contribution in [0.4, 0.5) is 0 Å². The summed E-state index contributed by atoms with van der Waals surface area (Å²) in [6.07, 6.45) is 42.4. The van der Waals surface area contributed by atoms with Gasteiger partial charge in [-0.05, 0) is 23.7 Å². The van der Waals surface area contributed by atoms with Crippen molar-refractivity contribution in [1.29, 1.82) is 0 Å². The molecule has 0 saturated carbocycles. The van der Waals surface area contributed by atoms with Crippen LogP contribution in [0.3, 0.4) is 0 Å². The zero-order valence-electron chi connectivity index (χ0n) is 28.8. The molecule has 0 radical (unpaired) electrons. The highest BCUT2D eigenvalue weighted by Crippen LogP contribution is 2.24. The van der Waals surface area contributed by atoms with Gasteiger partial charge in [-0.3, -0.25) is 0 Å². The average Bonchev–Trinajstić information content (AvgIpc) is 2.91. The first-order chi connectivity index (χ1) is 19.0. The Bertz CT molecular complexity index is 439. The highest BCUT2D eigenvalue weighted by molar-refractivity contribution is 4.62. The first kappa shape index (κ1) is 39.0. The van der Waals surface area contributed by atoms with Crippen LogP contribution < -0.4 is 0 Å². The minimum absolute atomic E-state index is 0.939. The molecular weight excluding hydrogens is 468 g/mol. The van der Waals surface area contributed by atoms with Crippen LogP contribution in [0, 0.1) is 23.7 Å². The Morgan fingerprint density at radius 3 is 0.667 bits per heavy atom. The SMILES string of the molecule is CCCCCCCCCCCC(C)CCCCC(C)CCCC(C)CCCC(C)CCCCCCCCCC. The molecule has 0 spiro atoms. The second-order valence-corrected chi connectivity index (χ2v) is 14.4. The van der Waals surface area contributed by atoms with Crippen LogP contribution in [0.15, 0.2) is 0 Å². The molecule has 0 aromatic rings. The summed E-state index contributed by atoms with van der Waals surface area (Å²) in [6.45, 7) is 14.7. The third kappa shape index (κ3) is 30.8. The Morgan fingerprint density at radius 1 is 0.231 bits per heavy atom. The molecule has 0 nitrogen and oxygen atoms in total. The van der Waals surface area contributed by atoms with Crippen molar-refractivity contribution in [3.8, 4) is 0 Å². The van der Waals surface area contributed by atoms with Crippen LogP contribution in [0.25, 0.3) is 0 Å². The van der Waals surface area contributed by atoms with E-state index in [1.165, 1.54) is 186 Å². The molecule has 0 N–H and O–H groups in total. The van der Waals surface area contributed by atoms with Gasteiger partial charge in [-0.25, -0.2) is 0 Å². The Hall–Kier alpha value is 0. The molecule has 0 amide bonds. The second-order valence-electron chi connectivity index (χ2n) is 14.4. The van der Waals surface area contributed by atoms with Gasteiger partial charge in [0, 0.05) is 0 Å². The van der Waals surface area contributed by atoms with Gasteiger partial charge in [-0.1, -0.05) is 228 Å². The molecule has 0 saturated heterocycles. The standard InChI is InChI=1S/C39H80/c1-7-9-11-13-15-17-19-21-22-28-36(3)30-24-25-31-38(5)33-27-35-39(6)34-26-32-37(4)29-23-20-18-16-14-12-10-8-2/h36-39H,7-35H2,1-6H3. The van der Waals surface area contributed by atoms with Gasteiger partial charge in [0.25, 0.3) is 0 Å². The molecule has 0 aliphatic heterocycles. The number of hydrogen-bond acceptors (Lipinski definition) is 0. The van der Waals surface area contributed by atoms with E-state index in [0.29, 0.717) is 0 Å². The first-order valence-electron chi connectivity index (χ1n) is 19.0. The summed E-state index contributed by atoms with van der Waals surface area (Å²) in [7, 11) is 0. The molecule has 0 aromatic carbocycles. The van der Waals surface area contributed by atoms with Gasteiger partial charge < -0.3 is 0 Å². The maximum Gasteiger partial charge on any atom is -0.0443 e. The van der Waals surface area contributed by atoms with Gasteiger partial charge in [-0.15, -0.1) is 0 Å². The highest BCUT2D eigenvalue weighted by atomic mass is 14.1. The van der Waals surface area contributed by atoms with E-state index in [4.69, 9.17) is 0 Å². The molecule has 0 heterocycles. The van der Waals surface area contributed by atoms with Crippen molar-refractivity contribution < 1.29 is 0 Å². The summed E-state index contributed by atoms with van der Waals surface area (Å²) < 4.78 is 0. The molecule has 0 fully saturated rings. The lowest BCUT2D eigenvalue weighted by atomic mass is 9.90. The number of hydrogen-bond donors (Lipinski definition) is 0. The molecule has 4 atom stereocenters. The molecule has 236 valence electrons. The molecule has 0 bridgehead atoms. The molecule has 0 aromatic heterocycles. The fraction of sp³-hybridized carbons (Fsp3) is 1.00. The Balaban J connectivity index is 3.47. The minimum atomic E-state index is 0.939. The van der Waals surface area contributed by atoms with Gasteiger partial charge in [0.1, 0.15) is 0 Å². The van der Waals surface area contributed by atoms with Crippen molar-refractivity contribution in [2.45, 2.75) is 228 Å². The van der Waals surface area contributed by atoms with Crippen LogP contribution in [-0.4, -0.2) is 0 Å². The van der Waals surface area contributed by atoms with Crippen molar-refractivity contribution in [1.82, 2.24) is 0 Å². The molecular formula is C39H80. The normalized spacial score (nSPS) is 14.9. The predicted octanol–water partition coefficient (Wildman–Crippen LogP) is 14.9. The molecule has 0 aliphatic carbocycles. The fourth-order valence-electron chi connectivity index (χ4n) is 6.62. The molecule has 4 unspecified atom stereocenters. The molecule has 0 heteroatoms. The third-order valence-corrected chi connectivity index (χ3v) is 9.78. The quantitative estimate of drug-likeness (QED) is 0.0733. The van der Waals surface area contributed by atoms with Crippen LogP contribution in [0.1, 0.15) is 228 Å². The van der Waals surface area contributed by atoms with Crippen molar-refractivity contribution in [3.63, 3.8) is 0 Å². The van der Waals surface area contributed by atoms with Gasteiger partial charge >= 0.3 is 0 Å². The average molecular weight is 549 g/mol. The van der Waals surface area contributed by atoms with Gasteiger partial charge in [-0.2, -0.15) is 0 Å². The van der Waals surface area contributed by atoms with Gasteiger partial charge in [0.2, 0.25) is 0 Å². The van der Waals surface area contributed by atoms with Gasteiger partial charge in [0.05, 0.1) is 0 Å². The Morgan fingerprint density at radius 2 is 0.410 bits per heavy atom. The van der Waals surface area contributed by atoms with E-state index in [0.717, 1.165) is 23.7 Å². The molecule has 0 rings (SSSR count). The summed E-state index contributed by atoms with van der Waals surface area (Å²) in [5.74, 6) is 3.78. The minimum Gasteiger partial charge on any atom is -0.0654 e. The topological polar surface area (TPSA) is 0 Å². The lowest BCUT2D eigenvalue weighted by Gasteiger charge is -2.16. The Labute approximate surface area is 251 Å². The summed E-state index contributed by atoms with van der Waals surface area (Å²) in [6, 6.07) is 0. The summed E-state index contributed by atoms with van der Waals surface area (Å²) in [4.78, 5) is 0. The van der Waals surface area contributed by atoms with E-state index in [9.17, 15) is 0 Å². The fourth-order valence-corrected chi connectivity index (χ4v) is 6.62. The smallest absolute Gasteiger partial charge is 0.0443 e. The zero-order valence-corrected chi connectivity index (χ0v) is 28.8. The lowest BCUT2D eigenvalue weighted by molar-refractivity contribution is 0.369. The summed E-state index contributed by atoms with van der Waals surface area (Å²) in [5.41, 5.74) is 0. The molecule has 0 aliphatic rings. The van der Waals surface area contributed by atoms with E-state index in [-0.39, 0.29) is 0 Å². The number of rotatable bonds is 32. The van der Waals surface area contributed by atoms with Gasteiger partial charge in [0.15, 0.2) is 0 Å². The van der Waals surface area contributed by atoms with E-state index in [1.54, 1.807) is 0 Å². The number of unbranched alkanes of at least 4 members (excludes halogenated alkanes) is 16. The van der Waals surface area contributed by atoms with Crippen LogP contribution in [0.2, 0.25) is 0 Å².